The number of carbonyl (C=O) groups excluding carboxylic acids is 1. The van der Waals surface area contributed by atoms with E-state index < -0.39 is 26.4 Å². The highest BCUT2D eigenvalue weighted by Gasteiger charge is 2.25. The summed E-state index contributed by atoms with van der Waals surface area (Å²) in [7, 11) is 1.73. The summed E-state index contributed by atoms with van der Waals surface area (Å²) in [5, 5.41) is 0. The van der Waals surface area contributed by atoms with E-state index in [1.54, 1.807) is 36.4 Å². The van der Waals surface area contributed by atoms with Crippen LogP contribution in [0.3, 0.4) is 0 Å². The molecular weight excluding hydrogens is 398 g/mol. The highest BCUT2D eigenvalue weighted by molar-refractivity contribution is 7.95. The summed E-state index contributed by atoms with van der Waals surface area (Å²) in [5.74, 6) is 0.0618. The first-order valence-corrected chi connectivity index (χ1v) is 10.1. The van der Waals surface area contributed by atoms with Crippen molar-refractivity contribution < 1.29 is 32.2 Å². The van der Waals surface area contributed by atoms with Gasteiger partial charge in [-0.3, -0.25) is 4.79 Å². The van der Waals surface area contributed by atoms with Crippen molar-refractivity contribution in [1.29, 1.82) is 0 Å². The van der Waals surface area contributed by atoms with Gasteiger partial charge in [0.25, 0.3) is 5.91 Å². The third kappa shape index (κ3) is 5.20. The minimum Gasteiger partial charge on any atom is -0.497 e. The molecule has 0 heterocycles. The number of benzene rings is 2. The highest BCUT2D eigenvalue weighted by Crippen LogP contribution is 2.36. The standard InChI is InChI=1S/C20H23NO7S/c1-25-14-7-5-13(6-8-14)12-29(23,24)19(20(21)22)11-16-17(27-3)9-15(26-2)10-18(16)28-4/h5-11H,12H2,1-4H3,(H2,21,22)/b19-11+. The number of amides is 1. The van der Waals surface area contributed by atoms with Gasteiger partial charge in [0.05, 0.1) is 39.8 Å². The second kappa shape index (κ2) is 9.33. The maximum Gasteiger partial charge on any atom is 0.260 e. The maximum absolute atomic E-state index is 12.9. The Hall–Kier alpha value is -3.20. The van der Waals surface area contributed by atoms with E-state index in [-0.39, 0.29) is 17.1 Å². The van der Waals surface area contributed by atoms with Crippen LogP contribution in [0.2, 0.25) is 0 Å². The van der Waals surface area contributed by atoms with Crippen LogP contribution < -0.4 is 24.7 Å². The molecule has 0 atom stereocenters. The van der Waals surface area contributed by atoms with Gasteiger partial charge in [0.1, 0.15) is 27.9 Å². The lowest BCUT2D eigenvalue weighted by atomic mass is 10.1. The van der Waals surface area contributed by atoms with Crippen LogP contribution in [0.5, 0.6) is 23.0 Å². The zero-order valence-electron chi connectivity index (χ0n) is 16.6. The Bertz CT molecular complexity index is 987. The largest absolute Gasteiger partial charge is 0.497 e. The van der Waals surface area contributed by atoms with E-state index in [2.05, 4.69) is 0 Å². The first kappa shape index (κ1) is 22.1. The number of ether oxygens (including phenoxy) is 4. The quantitative estimate of drug-likeness (QED) is 0.617. The molecule has 0 aliphatic heterocycles. The number of sulfone groups is 1. The summed E-state index contributed by atoms with van der Waals surface area (Å²) < 4.78 is 46.7. The molecule has 0 aliphatic carbocycles. The molecule has 0 aliphatic rings. The molecular formula is C20H23NO7S. The molecule has 0 aromatic heterocycles. The van der Waals surface area contributed by atoms with Crippen molar-refractivity contribution in [1.82, 2.24) is 0 Å². The fourth-order valence-electron chi connectivity index (χ4n) is 2.64. The van der Waals surface area contributed by atoms with Gasteiger partial charge in [-0.05, 0) is 23.8 Å². The van der Waals surface area contributed by atoms with Gasteiger partial charge in [0, 0.05) is 12.1 Å². The smallest absolute Gasteiger partial charge is 0.260 e. The minimum absolute atomic E-state index is 0.253. The van der Waals surface area contributed by atoms with Crippen LogP contribution in [0.25, 0.3) is 6.08 Å². The molecule has 2 aromatic rings. The number of hydrogen-bond donors (Lipinski definition) is 1. The molecule has 29 heavy (non-hydrogen) atoms. The van der Waals surface area contributed by atoms with E-state index in [1.807, 2.05) is 0 Å². The summed E-state index contributed by atoms with van der Waals surface area (Å²) in [6, 6.07) is 9.56. The van der Waals surface area contributed by atoms with Gasteiger partial charge in [0.2, 0.25) is 0 Å². The molecule has 2 rings (SSSR count). The number of methoxy groups -OCH3 is 4. The van der Waals surface area contributed by atoms with Crippen molar-refractivity contribution in [3.63, 3.8) is 0 Å². The fraction of sp³-hybridized carbons (Fsp3) is 0.250. The predicted molar refractivity (Wildman–Crippen MR) is 109 cm³/mol. The normalized spacial score (nSPS) is 11.7. The SMILES string of the molecule is COc1ccc(CS(=O)(=O)/C(=C/c2c(OC)cc(OC)cc2OC)C(N)=O)cc1. The predicted octanol–water partition coefficient (Wildman–Crippen LogP) is 2.16. The van der Waals surface area contributed by atoms with Gasteiger partial charge in [-0.15, -0.1) is 0 Å². The Morgan fingerprint density at radius 3 is 1.83 bits per heavy atom. The van der Waals surface area contributed by atoms with E-state index in [4.69, 9.17) is 24.7 Å². The van der Waals surface area contributed by atoms with Crippen LogP contribution in [0, 0.1) is 0 Å². The molecule has 0 spiro atoms. The number of carbonyl (C=O) groups is 1. The minimum atomic E-state index is -4.05. The van der Waals surface area contributed by atoms with Crippen LogP contribution in [0.15, 0.2) is 41.3 Å². The fourth-order valence-corrected chi connectivity index (χ4v) is 4.03. The molecule has 0 bridgehead atoms. The Labute approximate surface area is 169 Å². The van der Waals surface area contributed by atoms with E-state index in [0.717, 1.165) is 6.08 Å². The Kier molecular flexibility index (Phi) is 7.11. The van der Waals surface area contributed by atoms with Gasteiger partial charge in [-0.1, -0.05) is 12.1 Å². The lowest BCUT2D eigenvalue weighted by Crippen LogP contribution is -2.22. The lowest BCUT2D eigenvalue weighted by Gasteiger charge is -2.14. The molecule has 0 radical (unpaired) electrons. The third-order valence-corrected chi connectivity index (χ3v) is 5.82. The zero-order chi connectivity index (χ0) is 21.6. The Morgan fingerprint density at radius 2 is 1.41 bits per heavy atom. The van der Waals surface area contributed by atoms with Gasteiger partial charge in [-0.2, -0.15) is 0 Å². The maximum atomic E-state index is 12.9. The lowest BCUT2D eigenvalue weighted by molar-refractivity contribution is -0.113. The van der Waals surface area contributed by atoms with Gasteiger partial charge >= 0.3 is 0 Å². The van der Waals surface area contributed by atoms with E-state index in [1.165, 1.54) is 28.4 Å². The van der Waals surface area contributed by atoms with Gasteiger partial charge < -0.3 is 24.7 Å². The van der Waals surface area contributed by atoms with Crippen molar-refractivity contribution in [3.05, 3.63) is 52.4 Å². The molecule has 1 amide bonds. The number of hydrogen-bond acceptors (Lipinski definition) is 7. The van der Waals surface area contributed by atoms with E-state index in [9.17, 15) is 13.2 Å². The average molecular weight is 421 g/mol. The van der Waals surface area contributed by atoms with Crippen molar-refractivity contribution in [3.8, 4) is 23.0 Å². The van der Waals surface area contributed by atoms with Gasteiger partial charge in [-0.25, -0.2) is 8.42 Å². The number of rotatable bonds is 9. The van der Waals surface area contributed by atoms with Crippen LogP contribution in [0.1, 0.15) is 11.1 Å². The first-order chi connectivity index (χ1) is 13.7. The van der Waals surface area contributed by atoms with Crippen LogP contribution in [-0.2, 0) is 20.4 Å². The molecule has 0 saturated carbocycles. The molecule has 0 fully saturated rings. The van der Waals surface area contributed by atoms with Crippen LogP contribution in [0.4, 0.5) is 0 Å². The van der Waals surface area contributed by atoms with Crippen molar-refractivity contribution in [2.75, 3.05) is 28.4 Å². The van der Waals surface area contributed by atoms with E-state index in [0.29, 0.717) is 17.1 Å². The van der Waals surface area contributed by atoms with Crippen LogP contribution >= 0.6 is 0 Å². The van der Waals surface area contributed by atoms with Crippen molar-refractivity contribution in [2.45, 2.75) is 5.75 Å². The van der Waals surface area contributed by atoms with Crippen LogP contribution in [-0.4, -0.2) is 42.8 Å². The Balaban J connectivity index is 2.55. The summed E-state index contributed by atoms with van der Waals surface area (Å²) in [4.78, 5) is 11.5. The third-order valence-electron chi connectivity index (χ3n) is 4.12. The molecule has 2 aromatic carbocycles. The second-order valence-corrected chi connectivity index (χ2v) is 7.88. The number of primary amides is 1. The Morgan fingerprint density at radius 1 is 0.897 bits per heavy atom. The summed E-state index contributed by atoms with van der Waals surface area (Å²) in [5.41, 5.74) is 6.13. The highest BCUT2D eigenvalue weighted by atomic mass is 32.2. The van der Waals surface area contributed by atoms with E-state index >= 15 is 0 Å². The molecule has 2 N–H and O–H groups in total. The monoisotopic (exact) mass is 421 g/mol. The summed E-state index contributed by atoms with van der Waals surface area (Å²) >= 11 is 0. The molecule has 156 valence electrons. The van der Waals surface area contributed by atoms with Crippen molar-refractivity contribution >= 4 is 21.8 Å². The molecule has 9 heteroatoms. The molecule has 0 saturated heterocycles. The molecule has 0 unspecified atom stereocenters. The van der Waals surface area contributed by atoms with Crippen molar-refractivity contribution in [2.24, 2.45) is 5.73 Å². The topological polar surface area (TPSA) is 114 Å². The molecule has 8 nitrogen and oxygen atoms in total. The number of nitrogens with two attached hydrogens (primary N) is 1. The average Bonchev–Trinajstić information content (AvgIpc) is 2.71. The first-order valence-electron chi connectivity index (χ1n) is 8.43. The second-order valence-electron chi connectivity index (χ2n) is 5.93. The summed E-state index contributed by atoms with van der Waals surface area (Å²) in [6.07, 6.45) is 1.15. The zero-order valence-corrected chi connectivity index (χ0v) is 17.4. The van der Waals surface area contributed by atoms with Gasteiger partial charge in [0.15, 0.2) is 9.84 Å². The summed E-state index contributed by atoms with van der Waals surface area (Å²) in [6.45, 7) is 0.